The van der Waals surface area contributed by atoms with Gasteiger partial charge < -0.3 is 10.6 Å². The third-order valence-corrected chi connectivity index (χ3v) is 3.61. The number of carbonyl (C=O) groups is 1. The van der Waals surface area contributed by atoms with Crippen LogP contribution in [0.1, 0.15) is 31.4 Å². The topological polar surface area (TPSA) is 54.0 Å². The van der Waals surface area contributed by atoms with Gasteiger partial charge in [-0.15, -0.1) is 0 Å². The van der Waals surface area contributed by atoms with E-state index in [-0.39, 0.29) is 5.91 Å². The van der Waals surface area contributed by atoms with Crippen molar-refractivity contribution in [2.24, 2.45) is 5.92 Å². The van der Waals surface area contributed by atoms with Gasteiger partial charge in [0.15, 0.2) is 0 Å². The molecule has 104 valence electrons. The Morgan fingerprint density at radius 1 is 1.47 bits per heavy atom. The van der Waals surface area contributed by atoms with Crippen molar-refractivity contribution in [2.75, 3.05) is 19.6 Å². The lowest BCUT2D eigenvalue weighted by Gasteiger charge is -2.22. The molecule has 0 radical (unpaired) electrons. The fraction of sp³-hybridized carbons (Fsp3) is 0.600. The molecule has 2 rings (SSSR count). The van der Waals surface area contributed by atoms with E-state index in [2.05, 4.69) is 15.6 Å². The molecule has 1 aromatic heterocycles. The Morgan fingerprint density at radius 2 is 2.42 bits per heavy atom. The fourth-order valence-electron chi connectivity index (χ4n) is 2.47. The van der Waals surface area contributed by atoms with Crippen molar-refractivity contribution >= 4 is 5.91 Å². The van der Waals surface area contributed by atoms with Gasteiger partial charge in [0.2, 0.25) is 5.91 Å². The lowest BCUT2D eigenvalue weighted by molar-refractivity contribution is -0.121. The minimum Gasteiger partial charge on any atom is -0.356 e. The lowest BCUT2D eigenvalue weighted by Crippen LogP contribution is -2.31. The Balaban J connectivity index is 1.57. The number of piperidine rings is 1. The maximum Gasteiger partial charge on any atom is 0.220 e. The first-order valence-electron chi connectivity index (χ1n) is 7.22. The summed E-state index contributed by atoms with van der Waals surface area (Å²) in [5, 5.41) is 6.35. The molecule has 1 atom stereocenters. The molecule has 4 heteroatoms. The summed E-state index contributed by atoms with van der Waals surface area (Å²) in [6.45, 7) is 2.88. The number of nitrogens with one attached hydrogen (secondary N) is 2. The number of nitrogens with zero attached hydrogens (tertiary/aromatic N) is 1. The normalized spacial score (nSPS) is 19.1. The Hall–Kier alpha value is -1.42. The molecule has 2 heterocycles. The molecule has 0 aromatic carbocycles. The zero-order valence-electron chi connectivity index (χ0n) is 11.4. The number of carbonyl (C=O) groups excluding carboxylic acids is 1. The molecule has 1 fully saturated rings. The molecule has 1 unspecified atom stereocenters. The Kier molecular flexibility index (Phi) is 5.82. The predicted octanol–water partition coefficient (Wildman–Crippen LogP) is 1.52. The molecule has 1 aliphatic rings. The first-order valence-corrected chi connectivity index (χ1v) is 7.22. The summed E-state index contributed by atoms with van der Waals surface area (Å²) in [7, 11) is 0. The SMILES string of the molecule is O=C(CCC1CCCNC1)NCCc1ccccn1. The second-order valence-electron chi connectivity index (χ2n) is 5.17. The predicted molar refractivity (Wildman–Crippen MR) is 75.8 cm³/mol. The number of pyridine rings is 1. The van der Waals surface area contributed by atoms with E-state index in [4.69, 9.17) is 0 Å². The van der Waals surface area contributed by atoms with E-state index in [1.165, 1.54) is 12.8 Å². The van der Waals surface area contributed by atoms with Crippen molar-refractivity contribution in [1.82, 2.24) is 15.6 Å². The fourth-order valence-corrected chi connectivity index (χ4v) is 2.47. The molecule has 0 saturated carbocycles. The third kappa shape index (κ3) is 5.39. The van der Waals surface area contributed by atoms with Gasteiger partial charge in [-0.2, -0.15) is 0 Å². The minimum absolute atomic E-state index is 0.168. The van der Waals surface area contributed by atoms with Crippen molar-refractivity contribution < 1.29 is 4.79 Å². The van der Waals surface area contributed by atoms with Crippen LogP contribution < -0.4 is 10.6 Å². The summed E-state index contributed by atoms with van der Waals surface area (Å²) >= 11 is 0. The standard InChI is InChI=1S/C15H23N3O/c19-15(7-6-13-4-3-9-16-12-13)18-11-8-14-5-1-2-10-17-14/h1-2,5,10,13,16H,3-4,6-9,11-12H2,(H,18,19). The maximum absolute atomic E-state index is 11.7. The Bertz CT molecular complexity index is 374. The summed E-state index contributed by atoms with van der Waals surface area (Å²) in [4.78, 5) is 16.0. The van der Waals surface area contributed by atoms with E-state index in [1.54, 1.807) is 6.20 Å². The van der Waals surface area contributed by atoms with Crippen LogP contribution in [0, 0.1) is 5.92 Å². The van der Waals surface area contributed by atoms with Crippen molar-refractivity contribution in [3.05, 3.63) is 30.1 Å². The van der Waals surface area contributed by atoms with Crippen LogP contribution >= 0.6 is 0 Å². The van der Waals surface area contributed by atoms with E-state index in [9.17, 15) is 4.79 Å². The third-order valence-electron chi connectivity index (χ3n) is 3.61. The van der Waals surface area contributed by atoms with Crippen LogP contribution in [0.15, 0.2) is 24.4 Å². The molecule has 2 N–H and O–H groups in total. The van der Waals surface area contributed by atoms with Gasteiger partial charge in [-0.3, -0.25) is 9.78 Å². The van der Waals surface area contributed by atoms with E-state index in [0.717, 1.165) is 31.6 Å². The quantitative estimate of drug-likeness (QED) is 0.816. The van der Waals surface area contributed by atoms with Crippen molar-refractivity contribution in [3.8, 4) is 0 Å². The molecule has 19 heavy (non-hydrogen) atoms. The largest absolute Gasteiger partial charge is 0.356 e. The van der Waals surface area contributed by atoms with Crippen LogP contribution in [-0.2, 0) is 11.2 Å². The van der Waals surface area contributed by atoms with Crippen molar-refractivity contribution in [3.63, 3.8) is 0 Å². The number of hydrogen-bond acceptors (Lipinski definition) is 3. The van der Waals surface area contributed by atoms with E-state index < -0.39 is 0 Å². The zero-order chi connectivity index (χ0) is 13.3. The first-order chi connectivity index (χ1) is 9.34. The molecule has 4 nitrogen and oxygen atoms in total. The Morgan fingerprint density at radius 3 is 3.16 bits per heavy atom. The second-order valence-corrected chi connectivity index (χ2v) is 5.17. The monoisotopic (exact) mass is 261 g/mol. The smallest absolute Gasteiger partial charge is 0.220 e. The van der Waals surface area contributed by atoms with Gasteiger partial charge in [0.25, 0.3) is 0 Å². The average molecular weight is 261 g/mol. The minimum atomic E-state index is 0.168. The van der Waals surface area contributed by atoms with Gasteiger partial charge in [0.1, 0.15) is 0 Å². The summed E-state index contributed by atoms with van der Waals surface area (Å²) < 4.78 is 0. The molecule has 0 aliphatic carbocycles. The van der Waals surface area contributed by atoms with Gasteiger partial charge in [0.05, 0.1) is 0 Å². The highest BCUT2D eigenvalue weighted by Crippen LogP contribution is 2.15. The second kappa shape index (κ2) is 7.89. The number of amides is 1. The van der Waals surface area contributed by atoms with Crippen LogP contribution in [0.3, 0.4) is 0 Å². The van der Waals surface area contributed by atoms with Gasteiger partial charge in [0, 0.05) is 31.3 Å². The summed E-state index contributed by atoms with van der Waals surface area (Å²) in [5.74, 6) is 0.844. The molecule has 1 saturated heterocycles. The summed E-state index contributed by atoms with van der Waals surface area (Å²) in [6, 6.07) is 5.86. The molecule has 0 spiro atoms. The zero-order valence-corrected chi connectivity index (χ0v) is 11.4. The van der Waals surface area contributed by atoms with Crippen LogP contribution in [-0.4, -0.2) is 30.5 Å². The van der Waals surface area contributed by atoms with Crippen LogP contribution in [0.4, 0.5) is 0 Å². The van der Waals surface area contributed by atoms with Gasteiger partial charge in [-0.1, -0.05) is 6.07 Å². The van der Waals surface area contributed by atoms with Crippen molar-refractivity contribution in [2.45, 2.75) is 32.1 Å². The van der Waals surface area contributed by atoms with Gasteiger partial charge >= 0.3 is 0 Å². The molecule has 0 bridgehead atoms. The van der Waals surface area contributed by atoms with Crippen molar-refractivity contribution in [1.29, 1.82) is 0 Å². The van der Waals surface area contributed by atoms with Crippen LogP contribution in [0.2, 0.25) is 0 Å². The van der Waals surface area contributed by atoms with Crippen LogP contribution in [0.25, 0.3) is 0 Å². The number of aromatic nitrogens is 1. The van der Waals surface area contributed by atoms with E-state index in [1.807, 2.05) is 18.2 Å². The van der Waals surface area contributed by atoms with Gasteiger partial charge in [-0.05, 0) is 50.4 Å². The number of hydrogen-bond donors (Lipinski definition) is 2. The first kappa shape index (κ1) is 14.0. The van der Waals surface area contributed by atoms with Crippen LogP contribution in [0.5, 0.6) is 0 Å². The molecular formula is C15H23N3O. The molecular weight excluding hydrogens is 238 g/mol. The number of rotatable bonds is 6. The van der Waals surface area contributed by atoms with Gasteiger partial charge in [-0.25, -0.2) is 0 Å². The van der Waals surface area contributed by atoms with E-state index >= 15 is 0 Å². The molecule has 1 amide bonds. The lowest BCUT2D eigenvalue weighted by atomic mass is 9.94. The highest BCUT2D eigenvalue weighted by atomic mass is 16.1. The Labute approximate surface area is 115 Å². The maximum atomic E-state index is 11.7. The van der Waals surface area contributed by atoms with E-state index in [0.29, 0.717) is 18.9 Å². The average Bonchev–Trinajstić information content (AvgIpc) is 2.47. The molecule has 1 aliphatic heterocycles. The summed E-state index contributed by atoms with van der Waals surface area (Å²) in [5.41, 5.74) is 1.03. The highest BCUT2D eigenvalue weighted by molar-refractivity contribution is 5.75. The highest BCUT2D eigenvalue weighted by Gasteiger charge is 2.14. The summed E-state index contributed by atoms with van der Waals surface area (Å²) in [6.07, 6.45) is 6.74. The molecule has 1 aromatic rings.